The van der Waals surface area contributed by atoms with Crippen molar-refractivity contribution in [3.63, 3.8) is 0 Å². The number of primary amides is 1. The molecule has 3 nitrogen and oxygen atoms in total. The summed E-state index contributed by atoms with van der Waals surface area (Å²) in [6, 6.07) is -0.00231. The minimum Gasteiger partial charge on any atom is -0.369 e. The molecule has 3 fully saturated rings. The molecular weight excluding hydrogens is 164 g/mol. The molecule has 0 aromatic heterocycles. The van der Waals surface area contributed by atoms with E-state index in [4.69, 9.17) is 11.5 Å². The zero-order chi connectivity index (χ0) is 9.80. The molecular formula is C10H18N2O. The number of carbonyl (C=O) groups is 1. The Morgan fingerprint density at radius 3 is 2.38 bits per heavy atom. The lowest BCUT2D eigenvalue weighted by molar-refractivity contribution is -0.140. The van der Waals surface area contributed by atoms with Gasteiger partial charge in [-0.2, -0.15) is 0 Å². The lowest BCUT2D eigenvalue weighted by Crippen LogP contribution is -2.63. The molecule has 0 heterocycles. The van der Waals surface area contributed by atoms with Gasteiger partial charge in [0.05, 0.1) is 5.92 Å². The van der Waals surface area contributed by atoms with Gasteiger partial charge in [-0.3, -0.25) is 4.79 Å². The molecule has 0 spiro atoms. The average molecular weight is 182 g/mol. The van der Waals surface area contributed by atoms with Crippen molar-refractivity contribution >= 4 is 5.91 Å². The zero-order valence-corrected chi connectivity index (χ0v) is 8.29. The van der Waals surface area contributed by atoms with Gasteiger partial charge in [0, 0.05) is 6.04 Å². The van der Waals surface area contributed by atoms with Crippen molar-refractivity contribution in [1.29, 1.82) is 0 Å². The van der Waals surface area contributed by atoms with Gasteiger partial charge in [0.2, 0.25) is 5.91 Å². The maximum absolute atomic E-state index is 11.1. The lowest BCUT2D eigenvalue weighted by Gasteiger charge is -2.61. The van der Waals surface area contributed by atoms with Crippen molar-refractivity contribution < 1.29 is 4.79 Å². The second-order valence-corrected chi connectivity index (χ2v) is 5.18. The van der Waals surface area contributed by atoms with E-state index in [1.807, 2.05) is 0 Å². The Morgan fingerprint density at radius 2 is 2.00 bits per heavy atom. The molecule has 0 aliphatic heterocycles. The van der Waals surface area contributed by atoms with Crippen LogP contribution in [0.2, 0.25) is 0 Å². The summed E-state index contributed by atoms with van der Waals surface area (Å²) in [5, 5.41) is 0. The summed E-state index contributed by atoms with van der Waals surface area (Å²) >= 11 is 0. The summed E-state index contributed by atoms with van der Waals surface area (Å²) in [6.07, 6.45) is 2.10. The van der Waals surface area contributed by atoms with Crippen molar-refractivity contribution in [3.05, 3.63) is 0 Å². The topological polar surface area (TPSA) is 69.1 Å². The van der Waals surface area contributed by atoms with Gasteiger partial charge in [-0.05, 0) is 30.1 Å². The fourth-order valence-electron chi connectivity index (χ4n) is 3.16. The smallest absolute Gasteiger partial charge is 0.222 e. The summed E-state index contributed by atoms with van der Waals surface area (Å²) in [5.74, 6) is 0.882. The van der Waals surface area contributed by atoms with Crippen molar-refractivity contribution in [3.8, 4) is 0 Å². The Morgan fingerprint density at radius 1 is 1.38 bits per heavy atom. The minimum absolute atomic E-state index is 0.00231. The Bertz CT molecular complexity index is 249. The highest BCUT2D eigenvalue weighted by molar-refractivity contribution is 5.77. The van der Waals surface area contributed by atoms with Crippen LogP contribution in [0, 0.1) is 23.2 Å². The molecule has 0 aromatic carbocycles. The molecule has 3 saturated carbocycles. The maximum Gasteiger partial charge on any atom is 0.222 e. The fourth-order valence-corrected chi connectivity index (χ4v) is 3.16. The first-order chi connectivity index (χ1) is 5.94. The number of amides is 1. The number of hydrogen-bond acceptors (Lipinski definition) is 2. The molecule has 4 atom stereocenters. The second kappa shape index (κ2) is 2.47. The van der Waals surface area contributed by atoms with Crippen LogP contribution in [0.4, 0.5) is 0 Å². The van der Waals surface area contributed by atoms with E-state index < -0.39 is 0 Å². The zero-order valence-electron chi connectivity index (χ0n) is 8.29. The third-order valence-electron chi connectivity index (χ3n) is 4.38. The average Bonchev–Trinajstić information content (AvgIpc) is 2.02. The first-order valence-electron chi connectivity index (χ1n) is 4.99. The molecule has 1 amide bonds. The summed E-state index contributed by atoms with van der Waals surface area (Å²) in [4.78, 5) is 11.1. The van der Waals surface area contributed by atoms with Crippen LogP contribution >= 0.6 is 0 Å². The molecule has 0 unspecified atom stereocenters. The maximum atomic E-state index is 11.1. The Balaban J connectivity index is 2.16. The van der Waals surface area contributed by atoms with Gasteiger partial charge in [-0.1, -0.05) is 13.8 Å². The molecule has 0 saturated heterocycles. The Hall–Kier alpha value is -0.570. The normalized spacial score (nSPS) is 46.7. The largest absolute Gasteiger partial charge is 0.369 e. The molecule has 3 heteroatoms. The fraction of sp³-hybridized carbons (Fsp3) is 0.900. The molecule has 74 valence electrons. The van der Waals surface area contributed by atoms with E-state index in [2.05, 4.69) is 13.8 Å². The molecule has 0 radical (unpaired) electrons. The molecule has 13 heavy (non-hydrogen) atoms. The van der Waals surface area contributed by atoms with E-state index in [0.29, 0.717) is 17.3 Å². The monoisotopic (exact) mass is 182 g/mol. The van der Waals surface area contributed by atoms with E-state index in [0.717, 1.165) is 6.42 Å². The molecule has 0 aromatic rings. The molecule has 3 rings (SSSR count). The van der Waals surface area contributed by atoms with E-state index in [1.165, 1.54) is 6.42 Å². The third-order valence-corrected chi connectivity index (χ3v) is 4.38. The van der Waals surface area contributed by atoms with Crippen LogP contribution < -0.4 is 11.5 Å². The van der Waals surface area contributed by atoms with Crippen LogP contribution in [-0.4, -0.2) is 11.9 Å². The predicted octanol–water partition coefficient (Wildman–Crippen LogP) is 0.481. The number of hydrogen-bond donors (Lipinski definition) is 2. The van der Waals surface area contributed by atoms with Crippen LogP contribution in [0.5, 0.6) is 0 Å². The lowest BCUT2D eigenvalue weighted by atomic mass is 9.45. The Labute approximate surface area is 78.9 Å². The summed E-state index contributed by atoms with van der Waals surface area (Å²) < 4.78 is 0. The van der Waals surface area contributed by atoms with Gasteiger partial charge >= 0.3 is 0 Å². The first-order valence-corrected chi connectivity index (χ1v) is 4.99. The highest BCUT2D eigenvalue weighted by Crippen LogP contribution is 2.59. The molecule has 2 bridgehead atoms. The van der Waals surface area contributed by atoms with Gasteiger partial charge in [-0.15, -0.1) is 0 Å². The number of nitrogens with two attached hydrogens (primary N) is 2. The van der Waals surface area contributed by atoms with Crippen LogP contribution in [0.15, 0.2) is 0 Å². The summed E-state index contributed by atoms with van der Waals surface area (Å²) in [7, 11) is 0. The van der Waals surface area contributed by atoms with Crippen LogP contribution in [0.1, 0.15) is 26.7 Å². The Kier molecular flexibility index (Phi) is 1.71. The summed E-state index contributed by atoms with van der Waals surface area (Å²) in [6.45, 7) is 4.51. The quantitative estimate of drug-likeness (QED) is 0.619. The number of carbonyl (C=O) groups excluding carboxylic acids is 1. The molecule has 4 N–H and O–H groups in total. The van der Waals surface area contributed by atoms with Gasteiger partial charge in [0.25, 0.3) is 0 Å². The summed E-state index contributed by atoms with van der Waals surface area (Å²) in [5.41, 5.74) is 11.7. The SMILES string of the molecule is CC1(C)[C@H]2C[C@H](C(N)=O)[C@H](N)[C@@H]1C2. The number of fused-ring (bicyclic) bond motifs is 2. The van der Waals surface area contributed by atoms with Gasteiger partial charge in [0.1, 0.15) is 0 Å². The first kappa shape index (κ1) is 9.00. The van der Waals surface area contributed by atoms with Gasteiger partial charge in [-0.25, -0.2) is 0 Å². The van der Waals surface area contributed by atoms with Gasteiger partial charge < -0.3 is 11.5 Å². The molecule has 3 aliphatic rings. The van der Waals surface area contributed by atoms with E-state index in [9.17, 15) is 4.79 Å². The van der Waals surface area contributed by atoms with E-state index in [1.54, 1.807) is 0 Å². The second-order valence-electron chi connectivity index (χ2n) is 5.18. The van der Waals surface area contributed by atoms with E-state index >= 15 is 0 Å². The predicted molar refractivity (Wildman–Crippen MR) is 50.7 cm³/mol. The highest BCUT2D eigenvalue weighted by Gasteiger charge is 2.57. The molecule has 3 aliphatic carbocycles. The van der Waals surface area contributed by atoms with Crippen LogP contribution in [0.3, 0.4) is 0 Å². The highest BCUT2D eigenvalue weighted by atomic mass is 16.1. The van der Waals surface area contributed by atoms with Crippen LogP contribution in [0.25, 0.3) is 0 Å². The minimum atomic E-state index is -0.210. The van der Waals surface area contributed by atoms with Crippen molar-refractivity contribution in [2.45, 2.75) is 32.7 Å². The standard InChI is InChI=1S/C10H18N2O/c1-10(2)5-3-6(9(12)13)8(11)7(10)4-5/h5-8H,3-4,11H2,1-2H3,(H2,12,13)/t5-,6-,7-,8-/m0/s1. The van der Waals surface area contributed by atoms with Gasteiger partial charge in [0.15, 0.2) is 0 Å². The van der Waals surface area contributed by atoms with Crippen molar-refractivity contribution in [2.75, 3.05) is 0 Å². The van der Waals surface area contributed by atoms with E-state index in [-0.39, 0.29) is 17.9 Å². The number of rotatable bonds is 1. The third kappa shape index (κ3) is 1.03. The van der Waals surface area contributed by atoms with Crippen LogP contribution in [-0.2, 0) is 4.79 Å². The van der Waals surface area contributed by atoms with Crippen molar-refractivity contribution in [1.82, 2.24) is 0 Å². The van der Waals surface area contributed by atoms with Crippen molar-refractivity contribution in [2.24, 2.45) is 34.6 Å².